The molecule has 0 spiro atoms. The molecule has 0 bridgehead atoms. The monoisotopic (exact) mass is 216 g/mol. The largest absolute Gasteiger partial charge is 0.354 e. The van der Waals surface area contributed by atoms with Crippen molar-refractivity contribution in [3.05, 3.63) is 41.7 Å². The lowest BCUT2D eigenvalue weighted by Gasteiger charge is -2.03. The van der Waals surface area contributed by atoms with E-state index in [1.807, 2.05) is 26.0 Å². The van der Waals surface area contributed by atoms with Gasteiger partial charge < -0.3 is 4.57 Å². The van der Waals surface area contributed by atoms with Crippen LogP contribution < -0.4 is 0 Å². The molecule has 2 rings (SSSR count). The van der Waals surface area contributed by atoms with Gasteiger partial charge in [-0.2, -0.15) is 5.10 Å². The SMILES string of the molecule is Cc1nnc(CCCn2cccc2)nc1C. The minimum atomic E-state index is 0.843. The third kappa shape index (κ3) is 2.66. The highest BCUT2D eigenvalue weighted by Crippen LogP contribution is 2.02. The number of aromatic nitrogens is 4. The minimum Gasteiger partial charge on any atom is -0.354 e. The number of rotatable bonds is 4. The van der Waals surface area contributed by atoms with Gasteiger partial charge >= 0.3 is 0 Å². The lowest BCUT2D eigenvalue weighted by Crippen LogP contribution is -2.04. The molecule has 0 N–H and O–H groups in total. The fourth-order valence-electron chi connectivity index (χ4n) is 1.55. The maximum absolute atomic E-state index is 4.41. The Bertz CT molecular complexity index is 448. The second-order valence-corrected chi connectivity index (χ2v) is 3.92. The van der Waals surface area contributed by atoms with Crippen LogP contribution in [0.15, 0.2) is 24.5 Å². The van der Waals surface area contributed by atoms with E-state index in [0.29, 0.717) is 0 Å². The van der Waals surface area contributed by atoms with Gasteiger partial charge in [0.05, 0.1) is 11.4 Å². The molecule has 0 radical (unpaired) electrons. The van der Waals surface area contributed by atoms with Crippen LogP contribution >= 0.6 is 0 Å². The van der Waals surface area contributed by atoms with Crippen molar-refractivity contribution < 1.29 is 0 Å². The molecular weight excluding hydrogens is 200 g/mol. The maximum Gasteiger partial charge on any atom is 0.151 e. The van der Waals surface area contributed by atoms with E-state index >= 15 is 0 Å². The molecule has 0 amide bonds. The molecule has 4 nitrogen and oxygen atoms in total. The summed E-state index contributed by atoms with van der Waals surface area (Å²) in [7, 11) is 0. The van der Waals surface area contributed by atoms with E-state index < -0.39 is 0 Å². The molecule has 0 aliphatic heterocycles. The second-order valence-electron chi connectivity index (χ2n) is 3.92. The molecule has 0 unspecified atom stereocenters. The summed E-state index contributed by atoms with van der Waals surface area (Å²) < 4.78 is 2.16. The van der Waals surface area contributed by atoms with E-state index in [1.54, 1.807) is 0 Å². The molecule has 0 saturated heterocycles. The number of nitrogens with zero attached hydrogens (tertiary/aromatic N) is 4. The molecule has 2 aromatic heterocycles. The predicted molar refractivity (Wildman–Crippen MR) is 62.1 cm³/mol. The maximum atomic E-state index is 4.41. The molecule has 0 aliphatic carbocycles. The van der Waals surface area contributed by atoms with Gasteiger partial charge in [-0.25, -0.2) is 4.98 Å². The van der Waals surface area contributed by atoms with Crippen LogP contribution in [-0.4, -0.2) is 19.7 Å². The van der Waals surface area contributed by atoms with Crippen molar-refractivity contribution in [3.63, 3.8) is 0 Å². The fraction of sp³-hybridized carbons (Fsp3) is 0.417. The summed E-state index contributed by atoms with van der Waals surface area (Å²) in [5.74, 6) is 0.843. The summed E-state index contributed by atoms with van der Waals surface area (Å²) >= 11 is 0. The standard InChI is InChI=1S/C12H16N4/c1-10-11(2)14-15-12(13-10)6-5-9-16-7-3-4-8-16/h3-4,7-8H,5-6,9H2,1-2H3. The van der Waals surface area contributed by atoms with Crippen LogP contribution in [0, 0.1) is 13.8 Å². The number of hydrogen-bond acceptors (Lipinski definition) is 3. The quantitative estimate of drug-likeness (QED) is 0.784. The first kappa shape index (κ1) is 10.8. The molecule has 2 heterocycles. The molecule has 0 aliphatic rings. The van der Waals surface area contributed by atoms with E-state index in [-0.39, 0.29) is 0 Å². The zero-order valence-electron chi connectivity index (χ0n) is 9.72. The Morgan fingerprint density at radius 1 is 1.06 bits per heavy atom. The number of aryl methyl sites for hydroxylation is 4. The Morgan fingerprint density at radius 2 is 1.81 bits per heavy atom. The predicted octanol–water partition coefficient (Wildman–Crippen LogP) is 1.92. The summed E-state index contributed by atoms with van der Waals surface area (Å²) in [6.07, 6.45) is 6.06. The smallest absolute Gasteiger partial charge is 0.151 e. The lowest BCUT2D eigenvalue weighted by molar-refractivity contribution is 0.622. The summed E-state index contributed by atoms with van der Waals surface area (Å²) in [4.78, 5) is 4.41. The highest BCUT2D eigenvalue weighted by Gasteiger charge is 2.01. The third-order valence-corrected chi connectivity index (χ3v) is 2.62. The first-order chi connectivity index (χ1) is 7.75. The van der Waals surface area contributed by atoms with E-state index in [1.165, 1.54) is 0 Å². The van der Waals surface area contributed by atoms with Crippen LogP contribution in [0.25, 0.3) is 0 Å². The van der Waals surface area contributed by atoms with E-state index in [0.717, 1.165) is 36.6 Å². The van der Waals surface area contributed by atoms with Crippen LogP contribution in [0.3, 0.4) is 0 Å². The molecule has 84 valence electrons. The average Bonchev–Trinajstić information content (AvgIpc) is 2.76. The normalized spacial score (nSPS) is 10.6. The molecule has 4 heteroatoms. The van der Waals surface area contributed by atoms with Crippen molar-refractivity contribution in [3.8, 4) is 0 Å². The zero-order chi connectivity index (χ0) is 11.4. The third-order valence-electron chi connectivity index (χ3n) is 2.62. The molecule has 2 aromatic rings. The summed E-state index contributed by atoms with van der Waals surface area (Å²) in [5, 5.41) is 8.16. The Hall–Kier alpha value is -1.71. The van der Waals surface area contributed by atoms with Gasteiger partial charge in [-0.15, -0.1) is 5.10 Å². The van der Waals surface area contributed by atoms with Gasteiger partial charge in [0.1, 0.15) is 0 Å². The highest BCUT2D eigenvalue weighted by molar-refractivity contribution is 5.05. The average molecular weight is 216 g/mol. The minimum absolute atomic E-state index is 0.843. The Morgan fingerprint density at radius 3 is 2.50 bits per heavy atom. The Labute approximate surface area is 95.4 Å². The van der Waals surface area contributed by atoms with Gasteiger partial charge in [-0.1, -0.05) is 0 Å². The molecule has 16 heavy (non-hydrogen) atoms. The van der Waals surface area contributed by atoms with Crippen molar-refractivity contribution in [1.82, 2.24) is 19.7 Å². The van der Waals surface area contributed by atoms with Gasteiger partial charge in [0.15, 0.2) is 5.82 Å². The van der Waals surface area contributed by atoms with Crippen LogP contribution in [-0.2, 0) is 13.0 Å². The number of hydrogen-bond donors (Lipinski definition) is 0. The Kier molecular flexibility index (Phi) is 3.29. The van der Waals surface area contributed by atoms with Crippen molar-refractivity contribution in [2.24, 2.45) is 0 Å². The zero-order valence-corrected chi connectivity index (χ0v) is 9.72. The van der Waals surface area contributed by atoms with Crippen molar-refractivity contribution >= 4 is 0 Å². The van der Waals surface area contributed by atoms with Crippen LogP contribution in [0.2, 0.25) is 0 Å². The first-order valence-electron chi connectivity index (χ1n) is 5.53. The summed E-state index contributed by atoms with van der Waals surface area (Å²) in [6.45, 7) is 4.90. The van der Waals surface area contributed by atoms with Gasteiger partial charge in [0.25, 0.3) is 0 Å². The van der Waals surface area contributed by atoms with Gasteiger partial charge in [0.2, 0.25) is 0 Å². The van der Waals surface area contributed by atoms with Crippen molar-refractivity contribution in [1.29, 1.82) is 0 Å². The first-order valence-corrected chi connectivity index (χ1v) is 5.53. The van der Waals surface area contributed by atoms with Gasteiger partial charge in [-0.3, -0.25) is 0 Å². The molecule has 0 saturated carbocycles. The van der Waals surface area contributed by atoms with Crippen LogP contribution in [0.4, 0.5) is 0 Å². The second kappa shape index (κ2) is 4.88. The fourth-order valence-corrected chi connectivity index (χ4v) is 1.55. The van der Waals surface area contributed by atoms with Crippen LogP contribution in [0.5, 0.6) is 0 Å². The highest BCUT2D eigenvalue weighted by atomic mass is 15.2. The van der Waals surface area contributed by atoms with Crippen LogP contribution in [0.1, 0.15) is 23.6 Å². The molecule has 0 aromatic carbocycles. The lowest BCUT2D eigenvalue weighted by atomic mass is 10.3. The molecular formula is C12H16N4. The van der Waals surface area contributed by atoms with Gasteiger partial charge in [0, 0.05) is 25.4 Å². The Balaban J connectivity index is 1.87. The van der Waals surface area contributed by atoms with E-state index in [9.17, 15) is 0 Å². The van der Waals surface area contributed by atoms with E-state index in [4.69, 9.17) is 0 Å². The van der Waals surface area contributed by atoms with E-state index in [2.05, 4.69) is 32.1 Å². The summed E-state index contributed by atoms with van der Waals surface area (Å²) in [5.41, 5.74) is 1.89. The van der Waals surface area contributed by atoms with Gasteiger partial charge in [-0.05, 0) is 32.4 Å². The molecule has 0 atom stereocenters. The topological polar surface area (TPSA) is 43.6 Å². The van der Waals surface area contributed by atoms with Crippen molar-refractivity contribution in [2.45, 2.75) is 33.2 Å². The van der Waals surface area contributed by atoms with Crippen molar-refractivity contribution in [2.75, 3.05) is 0 Å². The molecule has 0 fully saturated rings. The summed E-state index contributed by atoms with van der Waals surface area (Å²) in [6, 6.07) is 4.07.